The largest absolute Gasteiger partial charge is 0.352 e. The second kappa shape index (κ2) is 11.8. The number of carbonyl (C=O) groups is 3. The number of amides is 3. The first-order chi connectivity index (χ1) is 19.2. The van der Waals surface area contributed by atoms with Crippen LogP contribution in [0.5, 0.6) is 0 Å². The van der Waals surface area contributed by atoms with E-state index in [0.29, 0.717) is 14.9 Å². The van der Waals surface area contributed by atoms with E-state index in [4.69, 9.17) is 11.6 Å². The van der Waals surface area contributed by atoms with E-state index in [1.165, 1.54) is 23.1 Å². The van der Waals surface area contributed by atoms with Gasteiger partial charge in [0.05, 0.1) is 5.56 Å². The number of benzene rings is 3. The molecule has 40 heavy (non-hydrogen) atoms. The molecular weight excluding hydrogens is 550 g/mol. The predicted molar refractivity (Wildman–Crippen MR) is 151 cm³/mol. The fourth-order valence-corrected chi connectivity index (χ4v) is 6.95. The molecule has 3 amide bonds. The number of fused-ring (bicyclic) bond motifs is 1. The van der Waals surface area contributed by atoms with Crippen LogP contribution >= 0.6 is 11.6 Å². The quantitative estimate of drug-likeness (QED) is 0.409. The molecule has 1 aliphatic heterocycles. The molecule has 10 heteroatoms. The third kappa shape index (κ3) is 5.90. The lowest BCUT2D eigenvalue weighted by molar-refractivity contribution is -0.141. The summed E-state index contributed by atoms with van der Waals surface area (Å²) in [5.74, 6) is -1.72. The minimum Gasteiger partial charge on any atom is -0.352 e. The second-order valence-electron chi connectivity index (χ2n) is 10.2. The van der Waals surface area contributed by atoms with Crippen molar-refractivity contribution in [1.29, 1.82) is 0 Å². The van der Waals surface area contributed by atoms with Crippen molar-refractivity contribution < 1.29 is 22.8 Å². The van der Waals surface area contributed by atoms with Crippen molar-refractivity contribution in [2.75, 3.05) is 6.54 Å². The first-order valence-corrected chi connectivity index (χ1v) is 15.1. The highest BCUT2D eigenvalue weighted by Gasteiger charge is 2.43. The van der Waals surface area contributed by atoms with Gasteiger partial charge in [-0.3, -0.25) is 14.4 Å². The molecule has 1 N–H and O–H groups in total. The van der Waals surface area contributed by atoms with Gasteiger partial charge in [0.15, 0.2) is 0 Å². The number of nitrogens with zero attached hydrogens (tertiary/aromatic N) is 2. The molecule has 0 spiro atoms. The summed E-state index contributed by atoms with van der Waals surface area (Å²) >= 11 is 6.08. The Bertz CT molecular complexity index is 1510. The van der Waals surface area contributed by atoms with Crippen LogP contribution in [0.1, 0.15) is 47.2 Å². The number of hydrogen-bond acceptors (Lipinski definition) is 5. The van der Waals surface area contributed by atoms with E-state index in [1.54, 1.807) is 30.3 Å². The Balaban J connectivity index is 1.49. The summed E-state index contributed by atoms with van der Waals surface area (Å²) in [4.78, 5) is 42.1. The van der Waals surface area contributed by atoms with Crippen molar-refractivity contribution in [3.05, 3.63) is 101 Å². The van der Waals surface area contributed by atoms with Crippen LogP contribution < -0.4 is 5.32 Å². The molecule has 1 aliphatic carbocycles. The predicted octanol–water partition coefficient (Wildman–Crippen LogP) is 4.18. The first-order valence-electron chi connectivity index (χ1n) is 13.3. The van der Waals surface area contributed by atoms with Crippen LogP contribution in [0.4, 0.5) is 0 Å². The zero-order chi connectivity index (χ0) is 28.3. The van der Waals surface area contributed by atoms with Crippen LogP contribution in [-0.4, -0.2) is 54.0 Å². The third-order valence-electron chi connectivity index (χ3n) is 7.43. The van der Waals surface area contributed by atoms with Crippen molar-refractivity contribution in [2.45, 2.75) is 55.6 Å². The number of sulfonamides is 1. The monoisotopic (exact) mass is 579 g/mol. The average molecular weight is 580 g/mol. The summed E-state index contributed by atoms with van der Waals surface area (Å²) in [6.45, 7) is -0.688. The molecule has 2 aliphatic rings. The fourth-order valence-electron chi connectivity index (χ4n) is 5.31. The van der Waals surface area contributed by atoms with Crippen molar-refractivity contribution in [1.82, 2.24) is 14.5 Å². The number of halogens is 1. The highest BCUT2D eigenvalue weighted by molar-refractivity contribution is 7.90. The molecule has 1 saturated carbocycles. The van der Waals surface area contributed by atoms with Gasteiger partial charge in [0.25, 0.3) is 15.9 Å². The Hall–Kier alpha value is -3.69. The summed E-state index contributed by atoms with van der Waals surface area (Å²) in [5, 5.41) is 3.63. The molecule has 0 aromatic heterocycles. The van der Waals surface area contributed by atoms with Gasteiger partial charge < -0.3 is 10.2 Å². The van der Waals surface area contributed by atoms with E-state index < -0.39 is 34.4 Å². The van der Waals surface area contributed by atoms with Gasteiger partial charge in [0, 0.05) is 24.0 Å². The Labute approximate surface area is 239 Å². The standard InChI is InChI=1S/C30H30ClN3O5S/c31-23-16-14-22(15-17-23)19-33(28(35)20-34-30(37)25-12-6-7-13-27(25)40(34,38)39)26(18-21-8-2-1-3-9-21)29(36)32-24-10-4-5-11-24/h1-3,6-9,12-17,24,26H,4-5,10-11,18-20H2,(H,32,36)/t26-/m1/s1. The molecule has 5 rings (SSSR count). The lowest BCUT2D eigenvalue weighted by atomic mass is 10.0. The maximum Gasteiger partial charge on any atom is 0.269 e. The van der Waals surface area contributed by atoms with Crippen molar-refractivity contribution >= 4 is 39.3 Å². The lowest BCUT2D eigenvalue weighted by Crippen LogP contribution is -2.54. The highest BCUT2D eigenvalue weighted by atomic mass is 35.5. The molecule has 1 heterocycles. The number of nitrogens with one attached hydrogen (secondary N) is 1. The smallest absolute Gasteiger partial charge is 0.269 e. The van der Waals surface area contributed by atoms with Gasteiger partial charge in [-0.1, -0.05) is 79.0 Å². The third-order valence-corrected chi connectivity index (χ3v) is 9.47. The van der Waals surface area contributed by atoms with Crippen molar-refractivity contribution in [3.8, 4) is 0 Å². The zero-order valence-corrected chi connectivity index (χ0v) is 23.4. The molecule has 1 fully saturated rings. The van der Waals surface area contributed by atoms with E-state index in [9.17, 15) is 22.8 Å². The van der Waals surface area contributed by atoms with Gasteiger partial charge in [-0.15, -0.1) is 0 Å². The van der Waals surface area contributed by atoms with Gasteiger partial charge in [-0.25, -0.2) is 12.7 Å². The van der Waals surface area contributed by atoms with Crippen molar-refractivity contribution in [3.63, 3.8) is 0 Å². The fraction of sp³-hybridized carbons (Fsp3) is 0.300. The Morgan fingerprint density at radius 3 is 2.25 bits per heavy atom. The van der Waals surface area contributed by atoms with E-state index in [1.807, 2.05) is 30.3 Å². The molecule has 0 unspecified atom stereocenters. The molecule has 1 atom stereocenters. The molecular formula is C30H30ClN3O5S. The van der Waals surface area contributed by atoms with E-state index in [0.717, 1.165) is 31.2 Å². The lowest BCUT2D eigenvalue weighted by Gasteiger charge is -2.33. The van der Waals surface area contributed by atoms with Crippen LogP contribution in [0.25, 0.3) is 0 Å². The van der Waals surface area contributed by atoms with Gasteiger partial charge in [-0.2, -0.15) is 0 Å². The molecule has 0 radical (unpaired) electrons. The molecule has 8 nitrogen and oxygen atoms in total. The van der Waals surface area contributed by atoms with Gasteiger partial charge >= 0.3 is 0 Å². The molecule has 0 bridgehead atoms. The van der Waals surface area contributed by atoms with Crippen LogP contribution in [0.2, 0.25) is 5.02 Å². The SMILES string of the molecule is O=C(NC1CCCC1)[C@@H](Cc1ccccc1)N(Cc1ccc(Cl)cc1)C(=O)CN1C(=O)c2ccccc2S1(=O)=O. The van der Waals surface area contributed by atoms with Gasteiger partial charge in [0.1, 0.15) is 17.5 Å². The van der Waals surface area contributed by atoms with E-state index >= 15 is 0 Å². The Morgan fingerprint density at radius 1 is 0.925 bits per heavy atom. The molecule has 208 valence electrons. The van der Waals surface area contributed by atoms with Gasteiger partial charge in [-0.05, 0) is 48.2 Å². The second-order valence-corrected chi connectivity index (χ2v) is 12.4. The average Bonchev–Trinajstić information content (AvgIpc) is 3.53. The van der Waals surface area contributed by atoms with Crippen LogP contribution in [0.15, 0.2) is 83.8 Å². The molecule has 0 saturated heterocycles. The minimum atomic E-state index is -4.21. The summed E-state index contributed by atoms with van der Waals surface area (Å²) in [5.41, 5.74) is 1.59. The first kappa shape index (κ1) is 27.9. The zero-order valence-electron chi connectivity index (χ0n) is 21.8. The summed E-state index contributed by atoms with van der Waals surface area (Å²) in [6.07, 6.45) is 4.01. The Morgan fingerprint density at radius 2 is 1.57 bits per heavy atom. The highest BCUT2D eigenvalue weighted by Crippen LogP contribution is 2.30. The summed E-state index contributed by atoms with van der Waals surface area (Å²) < 4.78 is 27.0. The maximum atomic E-state index is 14.0. The van der Waals surface area contributed by atoms with Crippen LogP contribution in [-0.2, 0) is 32.6 Å². The van der Waals surface area contributed by atoms with Crippen LogP contribution in [0, 0.1) is 0 Å². The minimum absolute atomic E-state index is 0.0216. The number of carbonyl (C=O) groups excluding carboxylic acids is 3. The normalized spacial score (nSPS) is 16.9. The van der Waals surface area contributed by atoms with Crippen LogP contribution in [0.3, 0.4) is 0 Å². The summed E-state index contributed by atoms with van der Waals surface area (Å²) in [6, 6.07) is 21.2. The Kier molecular flexibility index (Phi) is 8.23. The summed E-state index contributed by atoms with van der Waals surface area (Å²) in [7, 11) is -4.21. The van der Waals surface area contributed by atoms with E-state index in [2.05, 4.69) is 5.32 Å². The number of rotatable bonds is 9. The maximum absolute atomic E-state index is 14.0. The van der Waals surface area contributed by atoms with E-state index in [-0.39, 0.29) is 35.4 Å². The molecule has 3 aromatic rings. The number of hydrogen-bond donors (Lipinski definition) is 1. The van der Waals surface area contributed by atoms with Crippen molar-refractivity contribution in [2.24, 2.45) is 0 Å². The molecule has 3 aromatic carbocycles. The van der Waals surface area contributed by atoms with Gasteiger partial charge in [0.2, 0.25) is 11.8 Å². The topological polar surface area (TPSA) is 104 Å².